The Bertz CT molecular complexity index is 1130. The topological polar surface area (TPSA) is 62.1 Å². The molecule has 156 valence electrons. The number of halogens is 2. The van der Waals surface area contributed by atoms with Crippen LogP contribution in [0.3, 0.4) is 0 Å². The van der Waals surface area contributed by atoms with Crippen molar-refractivity contribution in [3.63, 3.8) is 0 Å². The highest BCUT2D eigenvalue weighted by atomic mass is 127. The van der Waals surface area contributed by atoms with Crippen LogP contribution in [0.1, 0.15) is 23.6 Å². The Morgan fingerprint density at radius 1 is 1.10 bits per heavy atom. The number of rotatable bonds is 7. The number of nitrogens with one attached hydrogen (secondary N) is 1. The lowest BCUT2D eigenvalue weighted by Crippen LogP contribution is -2.13. The zero-order chi connectivity index (χ0) is 22.2. The molecule has 0 fully saturated rings. The molecule has 6 heteroatoms. The summed E-state index contributed by atoms with van der Waals surface area (Å²) in [5.41, 5.74) is 3.50. The fourth-order valence-corrected chi connectivity index (χ4v) is 3.57. The maximum Gasteiger partial charge on any atom is 0.266 e. The largest absolute Gasteiger partial charge is 0.488 e. The van der Waals surface area contributed by atoms with Crippen molar-refractivity contribution in [1.82, 2.24) is 0 Å². The molecule has 0 aliphatic heterocycles. The molecule has 31 heavy (non-hydrogen) atoms. The van der Waals surface area contributed by atoms with Crippen LogP contribution in [0.2, 0.25) is 0 Å². The van der Waals surface area contributed by atoms with Crippen LogP contribution in [0, 0.1) is 14.9 Å². The number of carbonyl (C=O) groups excluding carboxylic acids is 1. The fraction of sp³-hybridized carbons (Fsp3) is 0.120. The standard InChI is InChI=1S/C25H20BrIN2O2/c1-2-17-5-10-23(11-6-17)29-25(30)20(15-28)13-19-14-21(26)7-12-24(19)31-16-18-3-8-22(27)9-4-18/h3-14H,2,16H2,1H3,(H,29,30)/b20-13+. The maximum absolute atomic E-state index is 12.7. The molecular weight excluding hydrogens is 567 g/mol. The van der Waals surface area contributed by atoms with E-state index < -0.39 is 5.91 Å². The SMILES string of the molecule is CCc1ccc(NC(=O)/C(C#N)=C/c2cc(Br)ccc2OCc2ccc(I)cc2)cc1. The normalized spacial score (nSPS) is 11.0. The molecule has 1 amide bonds. The van der Waals surface area contributed by atoms with E-state index in [1.54, 1.807) is 6.08 Å². The minimum absolute atomic E-state index is 0.00298. The third-order valence-corrected chi connectivity index (χ3v) is 5.78. The third kappa shape index (κ3) is 6.68. The summed E-state index contributed by atoms with van der Waals surface area (Å²) in [7, 11) is 0. The van der Waals surface area contributed by atoms with Crippen molar-refractivity contribution in [2.24, 2.45) is 0 Å². The second-order valence-corrected chi connectivity index (χ2v) is 8.93. The van der Waals surface area contributed by atoms with Gasteiger partial charge >= 0.3 is 0 Å². The number of amides is 1. The smallest absolute Gasteiger partial charge is 0.266 e. The molecule has 3 aromatic carbocycles. The summed E-state index contributed by atoms with van der Waals surface area (Å²) in [4.78, 5) is 12.7. The Morgan fingerprint density at radius 2 is 1.77 bits per heavy atom. The predicted octanol–water partition coefficient (Wildman–Crippen LogP) is 6.74. The lowest BCUT2D eigenvalue weighted by Gasteiger charge is -2.11. The van der Waals surface area contributed by atoms with Gasteiger partial charge in [-0.15, -0.1) is 0 Å². The summed E-state index contributed by atoms with van der Waals surface area (Å²) >= 11 is 5.71. The van der Waals surface area contributed by atoms with Crippen molar-refractivity contribution in [1.29, 1.82) is 5.26 Å². The van der Waals surface area contributed by atoms with Crippen molar-refractivity contribution in [3.05, 3.63) is 97.0 Å². The van der Waals surface area contributed by atoms with Crippen LogP contribution in [0.25, 0.3) is 6.08 Å². The quantitative estimate of drug-likeness (QED) is 0.189. The molecule has 0 saturated carbocycles. The van der Waals surface area contributed by atoms with Crippen LogP contribution in [-0.4, -0.2) is 5.91 Å². The van der Waals surface area contributed by atoms with Gasteiger partial charge in [0.05, 0.1) is 0 Å². The number of nitrogens with zero attached hydrogens (tertiary/aromatic N) is 1. The van der Waals surface area contributed by atoms with Crippen LogP contribution in [0.4, 0.5) is 5.69 Å². The van der Waals surface area contributed by atoms with Gasteiger partial charge in [-0.25, -0.2) is 0 Å². The van der Waals surface area contributed by atoms with Crippen molar-refractivity contribution < 1.29 is 9.53 Å². The Hall–Kier alpha value is -2.63. The van der Waals surface area contributed by atoms with E-state index in [0.29, 0.717) is 23.6 Å². The number of benzene rings is 3. The van der Waals surface area contributed by atoms with E-state index in [-0.39, 0.29) is 5.57 Å². The van der Waals surface area contributed by atoms with E-state index in [0.717, 1.165) is 20.0 Å². The molecular formula is C25H20BrIN2O2. The Kier molecular flexibility index (Phi) is 8.27. The fourth-order valence-electron chi connectivity index (χ4n) is 2.83. The summed E-state index contributed by atoms with van der Waals surface area (Å²) in [6, 6.07) is 23.1. The summed E-state index contributed by atoms with van der Waals surface area (Å²) in [6.07, 6.45) is 2.47. The summed E-state index contributed by atoms with van der Waals surface area (Å²) in [6.45, 7) is 2.46. The molecule has 0 heterocycles. The number of hydrogen-bond acceptors (Lipinski definition) is 3. The first kappa shape index (κ1) is 23.0. The van der Waals surface area contributed by atoms with Crippen LogP contribution in [0.5, 0.6) is 5.75 Å². The van der Waals surface area contributed by atoms with Gasteiger partial charge in [-0.2, -0.15) is 5.26 Å². The van der Waals surface area contributed by atoms with Crippen molar-refractivity contribution >= 4 is 56.2 Å². The first-order valence-corrected chi connectivity index (χ1v) is 11.5. The number of carbonyl (C=O) groups is 1. The molecule has 0 atom stereocenters. The first-order valence-electron chi connectivity index (χ1n) is 9.67. The second-order valence-electron chi connectivity index (χ2n) is 6.77. The van der Waals surface area contributed by atoms with Crippen LogP contribution in [0.15, 0.2) is 76.8 Å². The second kappa shape index (κ2) is 11.1. The zero-order valence-corrected chi connectivity index (χ0v) is 20.6. The number of nitriles is 1. The minimum Gasteiger partial charge on any atom is -0.488 e. The van der Waals surface area contributed by atoms with Gasteiger partial charge < -0.3 is 10.1 Å². The molecule has 0 unspecified atom stereocenters. The lowest BCUT2D eigenvalue weighted by molar-refractivity contribution is -0.112. The molecule has 0 aromatic heterocycles. The van der Waals surface area contributed by atoms with Gasteiger partial charge in [0.1, 0.15) is 24.0 Å². The molecule has 3 rings (SSSR count). The maximum atomic E-state index is 12.7. The van der Waals surface area contributed by atoms with Gasteiger partial charge in [-0.1, -0.05) is 47.1 Å². The average Bonchev–Trinajstić information content (AvgIpc) is 2.78. The zero-order valence-electron chi connectivity index (χ0n) is 16.9. The summed E-state index contributed by atoms with van der Waals surface area (Å²) < 4.78 is 7.96. The Labute approximate surface area is 204 Å². The van der Waals surface area contributed by atoms with Gasteiger partial charge in [0, 0.05) is 19.3 Å². The van der Waals surface area contributed by atoms with E-state index in [9.17, 15) is 10.1 Å². The van der Waals surface area contributed by atoms with Crippen molar-refractivity contribution in [2.75, 3.05) is 5.32 Å². The lowest BCUT2D eigenvalue weighted by atomic mass is 10.1. The van der Waals surface area contributed by atoms with Crippen LogP contribution in [-0.2, 0) is 17.8 Å². The number of aryl methyl sites for hydroxylation is 1. The van der Waals surface area contributed by atoms with Crippen LogP contribution < -0.4 is 10.1 Å². The Morgan fingerprint density at radius 3 is 2.42 bits per heavy atom. The molecule has 0 saturated heterocycles. The molecule has 0 spiro atoms. The monoisotopic (exact) mass is 586 g/mol. The number of hydrogen-bond donors (Lipinski definition) is 1. The minimum atomic E-state index is -0.463. The molecule has 0 bridgehead atoms. The van der Waals surface area contributed by atoms with Crippen molar-refractivity contribution in [2.45, 2.75) is 20.0 Å². The number of anilines is 1. The number of ether oxygens (including phenoxy) is 1. The van der Waals surface area contributed by atoms with Gasteiger partial charge in [0.15, 0.2) is 0 Å². The highest BCUT2D eigenvalue weighted by Crippen LogP contribution is 2.27. The molecule has 3 aromatic rings. The van der Waals surface area contributed by atoms with Gasteiger partial charge in [0.25, 0.3) is 5.91 Å². The molecule has 4 nitrogen and oxygen atoms in total. The first-order chi connectivity index (χ1) is 15.0. The highest BCUT2D eigenvalue weighted by molar-refractivity contribution is 14.1. The summed E-state index contributed by atoms with van der Waals surface area (Å²) in [5.74, 6) is 0.130. The van der Waals surface area contributed by atoms with E-state index in [2.05, 4.69) is 50.8 Å². The molecule has 1 N–H and O–H groups in total. The van der Waals surface area contributed by atoms with E-state index >= 15 is 0 Å². The van der Waals surface area contributed by atoms with E-state index in [1.807, 2.05) is 72.8 Å². The predicted molar refractivity (Wildman–Crippen MR) is 136 cm³/mol. The van der Waals surface area contributed by atoms with Gasteiger partial charge in [0.2, 0.25) is 0 Å². The molecule has 0 aliphatic carbocycles. The van der Waals surface area contributed by atoms with Gasteiger partial charge in [-0.3, -0.25) is 4.79 Å². The Balaban J connectivity index is 1.80. The third-order valence-electron chi connectivity index (χ3n) is 4.56. The average molecular weight is 587 g/mol. The van der Waals surface area contributed by atoms with Crippen molar-refractivity contribution in [3.8, 4) is 11.8 Å². The van der Waals surface area contributed by atoms with Gasteiger partial charge in [-0.05, 0) is 88.7 Å². The van der Waals surface area contributed by atoms with E-state index in [4.69, 9.17) is 4.74 Å². The highest BCUT2D eigenvalue weighted by Gasteiger charge is 2.12. The molecule has 0 aliphatic rings. The molecule has 0 radical (unpaired) electrons. The van der Waals surface area contributed by atoms with Crippen LogP contribution >= 0.6 is 38.5 Å². The van der Waals surface area contributed by atoms with E-state index in [1.165, 1.54) is 5.56 Å². The summed E-state index contributed by atoms with van der Waals surface area (Å²) in [5, 5.41) is 12.4.